The Bertz CT molecular complexity index is 405. The molecule has 1 saturated heterocycles. The Labute approximate surface area is 136 Å². The third-order valence-corrected chi connectivity index (χ3v) is 5.50. The lowest BCUT2D eigenvalue weighted by Crippen LogP contribution is -2.47. The standard InChI is InChI=1S/C17H25IN2/c18-16-8-4-7-15(13-16)17(14-5-2-1-3-6-14)20-11-9-19-10-12-20/h4,7-8,13-14,17,19H,1-3,5-6,9-12H2/t17-/m1/s1. The average Bonchev–Trinajstić information content (AvgIpc) is 2.50. The third kappa shape index (κ3) is 3.55. The van der Waals surface area contributed by atoms with Crippen molar-refractivity contribution in [2.45, 2.75) is 38.1 Å². The number of nitrogens with one attached hydrogen (secondary N) is 1. The van der Waals surface area contributed by atoms with Crippen LogP contribution in [0.3, 0.4) is 0 Å². The van der Waals surface area contributed by atoms with Gasteiger partial charge in [-0.05, 0) is 59.0 Å². The van der Waals surface area contributed by atoms with E-state index in [1.54, 1.807) is 5.56 Å². The lowest BCUT2D eigenvalue weighted by Gasteiger charge is -2.41. The van der Waals surface area contributed by atoms with E-state index in [0.717, 1.165) is 19.0 Å². The smallest absolute Gasteiger partial charge is 0.0377 e. The minimum absolute atomic E-state index is 0.645. The predicted molar refractivity (Wildman–Crippen MR) is 92.9 cm³/mol. The van der Waals surface area contributed by atoms with Crippen LogP contribution in [-0.2, 0) is 0 Å². The van der Waals surface area contributed by atoms with Crippen molar-refractivity contribution in [1.29, 1.82) is 0 Å². The molecule has 1 aliphatic carbocycles. The van der Waals surface area contributed by atoms with Crippen LogP contribution in [0.15, 0.2) is 24.3 Å². The van der Waals surface area contributed by atoms with Gasteiger partial charge in [0.1, 0.15) is 0 Å². The Hall–Kier alpha value is -0.130. The minimum Gasteiger partial charge on any atom is -0.314 e. The van der Waals surface area contributed by atoms with E-state index in [0.29, 0.717) is 6.04 Å². The van der Waals surface area contributed by atoms with Gasteiger partial charge in [-0.15, -0.1) is 0 Å². The van der Waals surface area contributed by atoms with Crippen molar-refractivity contribution in [3.63, 3.8) is 0 Å². The summed E-state index contributed by atoms with van der Waals surface area (Å²) in [6.07, 6.45) is 7.13. The van der Waals surface area contributed by atoms with Crippen molar-refractivity contribution in [1.82, 2.24) is 10.2 Å². The van der Waals surface area contributed by atoms with Gasteiger partial charge in [0.05, 0.1) is 0 Å². The first-order chi connectivity index (χ1) is 9.84. The lowest BCUT2D eigenvalue weighted by atomic mass is 9.80. The van der Waals surface area contributed by atoms with E-state index in [2.05, 4.69) is 57.1 Å². The van der Waals surface area contributed by atoms with Crippen LogP contribution in [0.4, 0.5) is 0 Å². The number of hydrogen-bond acceptors (Lipinski definition) is 2. The van der Waals surface area contributed by atoms with Crippen molar-refractivity contribution >= 4 is 22.6 Å². The molecule has 0 radical (unpaired) electrons. The van der Waals surface area contributed by atoms with Gasteiger partial charge in [0.2, 0.25) is 0 Å². The number of piperazine rings is 1. The highest BCUT2D eigenvalue weighted by Gasteiger charge is 2.30. The molecule has 20 heavy (non-hydrogen) atoms. The van der Waals surface area contributed by atoms with Crippen LogP contribution in [0.25, 0.3) is 0 Å². The first-order valence-electron chi connectivity index (χ1n) is 8.05. The summed E-state index contributed by atoms with van der Waals surface area (Å²) >= 11 is 2.45. The third-order valence-electron chi connectivity index (χ3n) is 4.83. The van der Waals surface area contributed by atoms with Crippen LogP contribution >= 0.6 is 22.6 Å². The molecule has 1 aliphatic heterocycles. The quantitative estimate of drug-likeness (QED) is 0.798. The summed E-state index contributed by atoms with van der Waals surface area (Å²) < 4.78 is 1.37. The van der Waals surface area contributed by atoms with Gasteiger partial charge in [-0.3, -0.25) is 4.90 Å². The summed E-state index contributed by atoms with van der Waals surface area (Å²) in [6.45, 7) is 4.69. The number of benzene rings is 1. The second-order valence-electron chi connectivity index (χ2n) is 6.18. The molecule has 110 valence electrons. The molecule has 2 fully saturated rings. The summed E-state index contributed by atoms with van der Waals surface area (Å²) in [6, 6.07) is 9.84. The SMILES string of the molecule is Ic1cccc([C@@H](C2CCCCC2)N2CCNCC2)c1. The summed E-state index contributed by atoms with van der Waals surface area (Å²) in [5.74, 6) is 0.861. The zero-order valence-corrected chi connectivity index (χ0v) is 14.3. The predicted octanol–water partition coefficient (Wildman–Crippen LogP) is 3.82. The van der Waals surface area contributed by atoms with Gasteiger partial charge >= 0.3 is 0 Å². The number of hydrogen-bond donors (Lipinski definition) is 1. The van der Waals surface area contributed by atoms with Gasteiger partial charge in [-0.2, -0.15) is 0 Å². The van der Waals surface area contributed by atoms with E-state index in [-0.39, 0.29) is 0 Å². The van der Waals surface area contributed by atoms with Gasteiger partial charge in [0.15, 0.2) is 0 Å². The molecule has 1 saturated carbocycles. The summed E-state index contributed by atoms with van der Waals surface area (Å²) in [4.78, 5) is 2.73. The Morgan fingerprint density at radius 3 is 2.55 bits per heavy atom. The molecular formula is C17H25IN2. The Morgan fingerprint density at radius 2 is 1.85 bits per heavy atom. The fraction of sp³-hybridized carbons (Fsp3) is 0.647. The summed E-state index contributed by atoms with van der Waals surface area (Å²) in [5.41, 5.74) is 1.55. The molecule has 0 unspecified atom stereocenters. The second-order valence-corrected chi connectivity index (χ2v) is 7.43. The van der Waals surface area contributed by atoms with Crippen molar-refractivity contribution in [3.05, 3.63) is 33.4 Å². The van der Waals surface area contributed by atoms with Gasteiger partial charge < -0.3 is 5.32 Å². The van der Waals surface area contributed by atoms with Gasteiger partial charge in [0, 0.05) is 35.8 Å². The first kappa shape index (κ1) is 14.8. The number of rotatable bonds is 3. The van der Waals surface area contributed by atoms with Crippen molar-refractivity contribution < 1.29 is 0 Å². The van der Waals surface area contributed by atoms with E-state index in [1.165, 1.54) is 48.8 Å². The van der Waals surface area contributed by atoms with Crippen LogP contribution in [0, 0.1) is 9.49 Å². The minimum atomic E-state index is 0.645. The maximum Gasteiger partial charge on any atom is 0.0377 e. The van der Waals surface area contributed by atoms with Crippen molar-refractivity contribution in [2.24, 2.45) is 5.92 Å². The fourth-order valence-electron chi connectivity index (χ4n) is 3.88. The molecule has 2 nitrogen and oxygen atoms in total. The highest BCUT2D eigenvalue weighted by atomic mass is 127. The molecular weight excluding hydrogens is 359 g/mol. The molecule has 1 heterocycles. The Morgan fingerprint density at radius 1 is 1.10 bits per heavy atom. The fourth-order valence-corrected chi connectivity index (χ4v) is 4.45. The van der Waals surface area contributed by atoms with Crippen LogP contribution < -0.4 is 5.32 Å². The monoisotopic (exact) mass is 384 g/mol. The van der Waals surface area contributed by atoms with E-state index >= 15 is 0 Å². The normalized spacial score (nSPS) is 23.6. The first-order valence-corrected chi connectivity index (χ1v) is 9.13. The molecule has 1 atom stereocenters. The van der Waals surface area contributed by atoms with Crippen molar-refractivity contribution in [2.75, 3.05) is 26.2 Å². The highest BCUT2D eigenvalue weighted by molar-refractivity contribution is 14.1. The zero-order chi connectivity index (χ0) is 13.8. The molecule has 3 heteroatoms. The Kier molecular flexibility index (Phi) is 5.35. The van der Waals surface area contributed by atoms with E-state index in [1.807, 2.05) is 0 Å². The molecule has 0 spiro atoms. The van der Waals surface area contributed by atoms with Gasteiger partial charge in [-0.25, -0.2) is 0 Å². The molecule has 2 aliphatic rings. The summed E-state index contributed by atoms with van der Waals surface area (Å²) in [7, 11) is 0. The maximum atomic E-state index is 3.49. The summed E-state index contributed by atoms with van der Waals surface area (Å²) in [5, 5.41) is 3.49. The molecule has 0 bridgehead atoms. The molecule has 0 aromatic heterocycles. The average molecular weight is 384 g/mol. The van der Waals surface area contributed by atoms with Gasteiger partial charge in [0.25, 0.3) is 0 Å². The second kappa shape index (κ2) is 7.23. The maximum absolute atomic E-state index is 3.49. The highest BCUT2D eigenvalue weighted by Crippen LogP contribution is 2.38. The van der Waals surface area contributed by atoms with Crippen LogP contribution in [0.2, 0.25) is 0 Å². The molecule has 3 rings (SSSR count). The number of nitrogens with zero attached hydrogens (tertiary/aromatic N) is 1. The lowest BCUT2D eigenvalue weighted by molar-refractivity contribution is 0.103. The van der Waals surface area contributed by atoms with Crippen LogP contribution in [0.5, 0.6) is 0 Å². The van der Waals surface area contributed by atoms with E-state index in [4.69, 9.17) is 0 Å². The van der Waals surface area contributed by atoms with Crippen LogP contribution in [0.1, 0.15) is 43.7 Å². The molecule has 1 aromatic rings. The molecule has 1 N–H and O–H groups in total. The van der Waals surface area contributed by atoms with Crippen molar-refractivity contribution in [3.8, 4) is 0 Å². The van der Waals surface area contributed by atoms with E-state index < -0.39 is 0 Å². The zero-order valence-electron chi connectivity index (χ0n) is 12.2. The van der Waals surface area contributed by atoms with E-state index in [9.17, 15) is 0 Å². The van der Waals surface area contributed by atoms with Crippen LogP contribution in [-0.4, -0.2) is 31.1 Å². The van der Waals surface area contributed by atoms with Gasteiger partial charge in [-0.1, -0.05) is 31.4 Å². The topological polar surface area (TPSA) is 15.3 Å². The molecule has 1 aromatic carbocycles. The number of halogens is 1. The largest absolute Gasteiger partial charge is 0.314 e. The Balaban J connectivity index is 1.85. The molecule has 0 amide bonds.